The van der Waals surface area contributed by atoms with Gasteiger partial charge in [0.05, 0.1) is 18.0 Å². The van der Waals surface area contributed by atoms with Crippen molar-refractivity contribution in [3.05, 3.63) is 56.6 Å². The van der Waals surface area contributed by atoms with Gasteiger partial charge in [0.2, 0.25) is 0 Å². The Bertz CT molecular complexity index is 1010. The Morgan fingerprint density at radius 3 is 2.61 bits per heavy atom. The second-order valence-corrected chi connectivity index (χ2v) is 10.4. The fourth-order valence-corrected chi connectivity index (χ4v) is 4.60. The number of amides is 2. The molecular formula is C24H32ClN5O3. The van der Waals surface area contributed by atoms with Crippen molar-refractivity contribution in [1.29, 1.82) is 0 Å². The van der Waals surface area contributed by atoms with Crippen LogP contribution in [0.15, 0.2) is 35.1 Å². The number of azide groups is 1. The van der Waals surface area contributed by atoms with E-state index in [2.05, 4.69) is 22.3 Å². The number of hydrogen-bond acceptors (Lipinski definition) is 3. The van der Waals surface area contributed by atoms with Gasteiger partial charge in [-0.25, -0.2) is 4.79 Å². The summed E-state index contributed by atoms with van der Waals surface area (Å²) in [6.07, 6.45) is 6.18. The van der Waals surface area contributed by atoms with Crippen LogP contribution < -0.4 is 5.32 Å². The van der Waals surface area contributed by atoms with Crippen molar-refractivity contribution in [1.82, 2.24) is 10.2 Å². The quantitative estimate of drug-likeness (QED) is 0.251. The van der Waals surface area contributed by atoms with E-state index in [1.165, 1.54) is 17.7 Å². The molecule has 0 bridgehead atoms. The SMILES string of the molecule is CC(C)C1=CN(CC(C)C(=O)O)C(=O)N[C@@]1(CN=[N+]=[N-])c1ccc(CCC2(C)CC2)c(Cl)c1. The minimum absolute atomic E-state index is 0.0182. The largest absolute Gasteiger partial charge is 0.481 e. The van der Waals surface area contributed by atoms with Gasteiger partial charge in [0, 0.05) is 22.7 Å². The zero-order valence-electron chi connectivity index (χ0n) is 19.6. The van der Waals surface area contributed by atoms with Gasteiger partial charge in [0.15, 0.2) is 0 Å². The molecule has 0 aromatic heterocycles. The molecule has 0 saturated heterocycles. The Balaban J connectivity index is 2.01. The topological polar surface area (TPSA) is 118 Å². The van der Waals surface area contributed by atoms with E-state index in [4.69, 9.17) is 17.1 Å². The summed E-state index contributed by atoms with van der Waals surface area (Å²) in [6.45, 7) is 7.83. The van der Waals surface area contributed by atoms with Crippen LogP contribution in [0.4, 0.5) is 4.79 Å². The summed E-state index contributed by atoms with van der Waals surface area (Å²) < 4.78 is 0. The highest BCUT2D eigenvalue weighted by Crippen LogP contribution is 2.49. The van der Waals surface area contributed by atoms with Crippen LogP contribution in [0, 0.1) is 17.3 Å². The van der Waals surface area contributed by atoms with Gasteiger partial charge in [-0.2, -0.15) is 0 Å². The second kappa shape index (κ2) is 9.65. The number of nitrogens with one attached hydrogen (secondary N) is 1. The lowest BCUT2D eigenvalue weighted by molar-refractivity contribution is -0.141. The van der Waals surface area contributed by atoms with E-state index in [0.717, 1.165) is 29.5 Å². The number of hydrogen-bond donors (Lipinski definition) is 2. The smallest absolute Gasteiger partial charge is 0.322 e. The van der Waals surface area contributed by atoms with Crippen LogP contribution >= 0.6 is 11.6 Å². The number of carbonyl (C=O) groups is 2. The van der Waals surface area contributed by atoms with Crippen molar-refractivity contribution in [2.45, 2.75) is 58.9 Å². The molecule has 1 aliphatic carbocycles. The van der Waals surface area contributed by atoms with Gasteiger partial charge in [0.25, 0.3) is 0 Å². The average molecular weight is 474 g/mol. The highest BCUT2D eigenvalue weighted by molar-refractivity contribution is 6.31. The van der Waals surface area contributed by atoms with E-state index >= 15 is 0 Å². The number of carboxylic acid groups (broad SMARTS) is 1. The molecule has 2 amide bonds. The van der Waals surface area contributed by atoms with E-state index in [0.29, 0.717) is 10.4 Å². The first kappa shape index (κ1) is 24.9. The lowest BCUT2D eigenvalue weighted by Gasteiger charge is -2.44. The first-order chi connectivity index (χ1) is 15.5. The summed E-state index contributed by atoms with van der Waals surface area (Å²) in [4.78, 5) is 28.7. The summed E-state index contributed by atoms with van der Waals surface area (Å²) in [7, 11) is 0. The highest BCUT2D eigenvalue weighted by Gasteiger charge is 2.44. The minimum Gasteiger partial charge on any atom is -0.481 e. The van der Waals surface area contributed by atoms with E-state index < -0.39 is 23.5 Å². The van der Waals surface area contributed by atoms with Crippen molar-refractivity contribution in [2.24, 2.45) is 22.4 Å². The summed E-state index contributed by atoms with van der Waals surface area (Å²) in [5.41, 5.74) is 11.0. The number of carbonyl (C=O) groups excluding carboxylic acids is 1. The highest BCUT2D eigenvalue weighted by atomic mass is 35.5. The molecule has 1 saturated carbocycles. The van der Waals surface area contributed by atoms with Crippen LogP contribution in [-0.4, -0.2) is 35.1 Å². The van der Waals surface area contributed by atoms with Gasteiger partial charge < -0.3 is 15.3 Å². The van der Waals surface area contributed by atoms with Crippen LogP contribution in [0.25, 0.3) is 10.4 Å². The number of aryl methyl sites for hydroxylation is 1. The third-order valence-electron chi connectivity index (χ3n) is 6.90. The Kier molecular flexibility index (Phi) is 7.29. The molecule has 33 heavy (non-hydrogen) atoms. The second-order valence-electron chi connectivity index (χ2n) is 9.97. The maximum atomic E-state index is 13.1. The zero-order valence-corrected chi connectivity index (χ0v) is 20.4. The molecule has 1 aromatic rings. The fraction of sp³-hybridized carbons (Fsp3) is 0.583. The van der Waals surface area contributed by atoms with Crippen molar-refractivity contribution >= 4 is 23.6 Å². The molecule has 3 rings (SSSR count). The summed E-state index contributed by atoms with van der Waals surface area (Å²) in [6, 6.07) is 5.34. The monoisotopic (exact) mass is 473 g/mol. The van der Waals surface area contributed by atoms with Crippen LogP contribution in [0.5, 0.6) is 0 Å². The molecular weight excluding hydrogens is 442 g/mol. The lowest BCUT2D eigenvalue weighted by atomic mass is 9.76. The Hall–Kier alpha value is -2.70. The molecule has 1 aromatic carbocycles. The minimum atomic E-state index is -1.06. The van der Waals surface area contributed by atoms with Gasteiger partial charge in [-0.3, -0.25) is 4.79 Å². The number of urea groups is 1. The number of benzene rings is 1. The van der Waals surface area contributed by atoms with E-state index in [-0.39, 0.29) is 19.0 Å². The zero-order chi connectivity index (χ0) is 24.4. The summed E-state index contributed by atoms with van der Waals surface area (Å²) >= 11 is 6.68. The predicted molar refractivity (Wildman–Crippen MR) is 128 cm³/mol. The van der Waals surface area contributed by atoms with Crippen molar-refractivity contribution in [3.8, 4) is 0 Å². The molecule has 2 aliphatic rings. The van der Waals surface area contributed by atoms with Gasteiger partial charge >= 0.3 is 12.0 Å². The maximum Gasteiger partial charge on any atom is 0.322 e. The molecule has 1 heterocycles. The van der Waals surface area contributed by atoms with Gasteiger partial charge in [0.1, 0.15) is 0 Å². The van der Waals surface area contributed by atoms with Crippen LogP contribution in [0.1, 0.15) is 58.1 Å². The van der Waals surface area contributed by atoms with Gasteiger partial charge in [-0.15, -0.1) is 0 Å². The normalized spacial score (nSPS) is 22.3. The van der Waals surface area contributed by atoms with Crippen LogP contribution in [0.2, 0.25) is 5.02 Å². The summed E-state index contributed by atoms with van der Waals surface area (Å²) in [5.74, 6) is -1.72. The van der Waals surface area contributed by atoms with Crippen molar-refractivity contribution < 1.29 is 14.7 Å². The van der Waals surface area contributed by atoms with E-state index in [1.54, 1.807) is 13.1 Å². The molecule has 1 aliphatic heterocycles. The van der Waals surface area contributed by atoms with Gasteiger partial charge in [-0.05, 0) is 65.3 Å². The molecule has 2 N–H and O–H groups in total. The number of nitrogens with zero attached hydrogens (tertiary/aromatic N) is 4. The lowest BCUT2D eigenvalue weighted by Crippen LogP contribution is -2.58. The number of halogens is 1. The Labute approximate surface area is 199 Å². The van der Waals surface area contributed by atoms with Crippen LogP contribution in [-0.2, 0) is 16.8 Å². The third-order valence-corrected chi connectivity index (χ3v) is 7.25. The number of aliphatic carboxylic acids is 1. The average Bonchev–Trinajstić information content (AvgIpc) is 3.49. The molecule has 1 fully saturated rings. The van der Waals surface area contributed by atoms with Crippen LogP contribution in [0.3, 0.4) is 0 Å². The molecule has 9 heteroatoms. The molecule has 8 nitrogen and oxygen atoms in total. The van der Waals surface area contributed by atoms with E-state index in [1.807, 2.05) is 32.0 Å². The third kappa shape index (κ3) is 5.45. The number of rotatable bonds is 10. The Morgan fingerprint density at radius 1 is 1.36 bits per heavy atom. The number of carboxylic acids is 1. The standard InChI is InChI=1S/C24H32ClN5O3/c1-15(2)19-13-30(12-16(3)21(31)32)22(33)28-24(19,14-27-29-26)18-6-5-17(20(25)11-18)7-8-23(4)9-10-23/h5-6,11,13,15-16H,7-10,12,14H2,1-4H3,(H,28,33)(H,31,32)/t16?,24-/m0/s1. The van der Waals surface area contributed by atoms with E-state index in [9.17, 15) is 14.7 Å². The first-order valence-corrected chi connectivity index (χ1v) is 11.7. The molecule has 0 radical (unpaired) electrons. The van der Waals surface area contributed by atoms with Crippen molar-refractivity contribution in [2.75, 3.05) is 13.1 Å². The van der Waals surface area contributed by atoms with Crippen molar-refractivity contribution in [3.63, 3.8) is 0 Å². The first-order valence-electron chi connectivity index (χ1n) is 11.3. The summed E-state index contributed by atoms with van der Waals surface area (Å²) in [5, 5.41) is 16.7. The van der Waals surface area contributed by atoms with Gasteiger partial charge in [-0.1, -0.05) is 56.5 Å². The predicted octanol–water partition coefficient (Wildman–Crippen LogP) is 5.86. The molecule has 0 spiro atoms. The fourth-order valence-electron chi connectivity index (χ4n) is 4.33. The Morgan fingerprint density at radius 2 is 2.06 bits per heavy atom. The maximum absolute atomic E-state index is 13.1. The molecule has 2 atom stereocenters. The molecule has 1 unspecified atom stereocenters. The molecule has 178 valence electrons.